The van der Waals surface area contributed by atoms with Crippen LogP contribution in [0.15, 0.2) is 0 Å². The van der Waals surface area contributed by atoms with Crippen molar-refractivity contribution in [3.8, 4) is 0 Å². The van der Waals surface area contributed by atoms with Crippen molar-refractivity contribution in [2.24, 2.45) is 17.8 Å². The van der Waals surface area contributed by atoms with E-state index < -0.39 is 0 Å². The predicted molar refractivity (Wildman–Crippen MR) is 58.4 cm³/mol. The second-order valence-corrected chi connectivity index (χ2v) is 5.47. The standard InChI is InChI=1S/C12H20N2O/c15-12(8-1-2-8)14-11-4-3-9-6-13-7-10(9)5-11/h8-11,13H,1-7H2,(H,14,15)/t9-,10+,11?/m0/s1. The average Bonchev–Trinajstić information content (AvgIpc) is 2.98. The van der Waals surface area contributed by atoms with Crippen LogP contribution >= 0.6 is 0 Å². The second kappa shape index (κ2) is 3.78. The lowest BCUT2D eigenvalue weighted by atomic mass is 9.79. The molecule has 1 saturated heterocycles. The Morgan fingerprint density at radius 1 is 1.07 bits per heavy atom. The molecule has 3 fully saturated rings. The molecule has 1 amide bonds. The lowest BCUT2D eigenvalue weighted by Crippen LogP contribution is -2.41. The molecule has 3 atom stereocenters. The quantitative estimate of drug-likeness (QED) is 0.708. The second-order valence-electron chi connectivity index (χ2n) is 5.47. The molecule has 0 aromatic carbocycles. The summed E-state index contributed by atoms with van der Waals surface area (Å²) >= 11 is 0. The number of rotatable bonds is 2. The van der Waals surface area contributed by atoms with Gasteiger partial charge < -0.3 is 10.6 Å². The van der Waals surface area contributed by atoms with Crippen molar-refractivity contribution in [1.82, 2.24) is 10.6 Å². The summed E-state index contributed by atoms with van der Waals surface area (Å²) in [6.45, 7) is 2.37. The molecule has 1 heterocycles. The summed E-state index contributed by atoms with van der Waals surface area (Å²) < 4.78 is 0. The summed E-state index contributed by atoms with van der Waals surface area (Å²) in [5.74, 6) is 2.40. The minimum atomic E-state index is 0.324. The number of nitrogens with one attached hydrogen (secondary N) is 2. The molecule has 84 valence electrons. The highest BCUT2D eigenvalue weighted by atomic mass is 16.2. The fourth-order valence-corrected chi connectivity index (χ4v) is 3.10. The first-order valence-electron chi connectivity index (χ1n) is 6.34. The van der Waals surface area contributed by atoms with Crippen molar-refractivity contribution in [3.63, 3.8) is 0 Å². The molecule has 3 heteroatoms. The van der Waals surface area contributed by atoms with Crippen LogP contribution in [0.25, 0.3) is 0 Å². The number of carbonyl (C=O) groups excluding carboxylic acids is 1. The average molecular weight is 208 g/mol. The van der Waals surface area contributed by atoms with Crippen LogP contribution in [0.2, 0.25) is 0 Å². The molecule has 2 N–H and O–H groups in total. The van der Waals surface area contributed by atoms with Crippen LogP contribution in [0.4, 0.5) is 0 Å². The van der Waals surface area contributed by atoms with Gasteiger partial charge in [-0.25, -0.2) is 0 Å². The number of amides is 1. The van der Waals surface area contributed by atoms with Crippen LogP contribution in [0, 0.1) is 17.8 Å². The molecule has 1 aliphatic heterocycles. The first-order valence-corrected chi connectivity index (χ1v) is 6.34. The third kappa shape index (κ3) is 2.03. The number of fused-ring (bicyclic) bond motifs is 1. The molecule has 3 rings (SSSR count). The molecule has 3 nitrogen and oxygen atoms in total. The van der Waals surface area contributed by atoms with Gasteiger partial charge in [-0.2, -0.15) is 0 Å². The van der Waals surface area contributed by atoms with Gasteiger partial charge >= 0.3 is 0 Å². The molecule has 2 saturated carbocycles. The van der Waals surface area contributed by atoms with Crippen molar-refractivity contribution >= 4 is 5.91 Å². The molecule has 0 aromatic rings. The van der Waals surface area contributed by atoms with Crippen molar-refractivity contribution < 1.29 is 4.79 Å². The third-order valence-corrected chi connectivity index (χ3v) is 4.25. The van der Waals surface area contributed by atoms with Gasteiger partial charge in [-0.3, -0.25) is 4.79 Å². The maximum absolute atomic E-state index is 11.6. The summed E-state index contributed by atoms with van der Waals surface area (Å²) in [6.07, 6.45) is 5.93. The van der Waals surface area contributed by atoms with Crippen LogP contribution in [0.1, 0.15) is 32.1 Å². The minimum absolute atomic E-state index is 0.324. The Morgan fingerprint density at radius 3 is 2.67 bits per heavy atom. The Kier molecular flexibility index (Phi) is 2.43. The van der Waals surface area contributed by atoms with Gasteiger partial charge in [0.15, 0.2) is 0 Å². The van der Waals surface area contributed by atoms with Gasteiger partial charge in [0.25, 0.3) is 0 Å². The Balaban J connectivity index is 1.52. The zero-order valence-corrected chi connectivity index (χ0v) is 9.17. The maximum Gasteiger partial charge on any atom is 0.223 e. The van der Waals surface area contributed by atoms with Gasteiger partial charge in [-0.1, -0.05) is 0 Å². The largest absolute Gasteiger partial charge is 0.353 e. The van der Waals surface area contributed by atoms with E-state index in [9.17, 15) is 4.79 Å². The van der Waals surface area contributed by atoms with E-state index >= 15 is 0 Å². The number of hydrogen-bond donors (Lipinski definition) is 2. The zero-order chi connectivity index (χ0) is 10.3. The van der Waals surface area contributed by atoms with E-state index in [0.717, 1.165) is 24.7 Å². The van der Waals surface area contributed by atoms with E-state index in [1.807, 2.05) is 0 Å². The lowest BCUT2D eigenvalue weighted by molar-refractivity contribution is -0.123. The summed E-state index contributed by atoms with van der Waals surface area (Å²) in [6, 6.07) is 0.472. The van der Waals surface area contributed by atoms with Crippen molar-refractivity contribution in [1.29, 1.82) is 0 Å². The highest BCUT2D eigenvalue weighted by Gasteiger charge is 2.36. The van der Waals surface area contributed by atoms with Crippen LogP contribution in [0.5, 0.6) is 0 Å². The van der Waals surface area contributed by atoms with Crippen molar-refractivity contribution in [2.75, 3.05) is 13.1 Å². The summed E-state index contributed by atoms with van der Waals surface area (Å²) in [4.78, 5) is 11.6. The van der Waals surface area contributed by atoms with Crippen LogP contribution in [-0.4, -0.2) is 25.0 Å². The lowest BCUT2D eigenvalue weighted by Gasteiger charge is -2.31. The van der Waals surface area contributed by atoms with Crippen molar-refractivity contribution in [2.45, 2.75) is 38.1 Å². The van der Waals surface area contributed by atoms with Crippen LogP contribution < -0.4 is 10.6 Å². The van der Waals surface area contributed by atoms with Crippen molar-refractivity contribution in [3.05, 3.63) is 0 Å². The zero-order valence-electron chi connectivity index (χ0n) is 9.17. The Labute approximate surface area is 91.0 Å². The minimum Gasteiger partial charge on any atom is -0.353 e. The van der Waals surface area contributed by atoms with E-state index in [4.69, 9.17) is 0 Å². The molecular weight excluding hydrogens is 188 g/mol. The Bertz CT molecular complexity index is 262. The van der Waals surface area contributed by atoms with E-state index in [2.05, 4.69) is 10.6 Å². The van der Waals surface area contributed by atoms with E-state index in [1.54, 1.807) is 0 Å². The summed E-state index contributed by atoms with van der Waals surface area (Å²) in [5, 5.41) is 6.69. The third-order valence-electron chi connectivity index (χ3n) is 4.25. The first-order chi connectivity index (χ1) is 7.33. The Morgan fingerprint density at radius 2 is 1.87 bits per heavy atom. The van der Waals surface area contributed by atoms with E-state index in [0.29, 0.717) is 17.9 Å². The monoisotopic (exact) mass is 208 g/mol. The SMILES string of the molecule is O=C(NC1CC[C@H]2CNC[C@H]2C1)C1CC1. The molecule has 0 aromatic heterocycles. The number of hydrogen-bond acceptors (Lipinski definition) is 2. The van der Waals surface area contributed by atoms with Gasteiger partial charge in [-0.15, -0.1) is 0 Å². The topological polar surface area (TPSA) is 41.1 Å². The van der Waals surface area contributed by atoms with Gasteiger partial charge in [-0.05, 0) is 57.0 Å². The molecule has 2 aliphatic carbocycles. The molecule has 3 aliphatic rings. The van der Waals surface area contributed by atoms with E-state index in [1.165, 1.54) is 32.4 Å². The molecule has 0 spiro atoms. The maximum atomic E-state index is 11.6. The highest BCUT2D eigenvalue weighted by molar-refractivity contribution is 5.81. The number of carbonyl (C=O) groups is 1. The highest BCUT2D eigenvalue weighted by Crippen LogP contribution is 2.34. The molecular formula is C12H20N2O. The molecule has 0 radical (unpaired) electrons. The fraction of sp³-hybridized carbons (Fsp3) is 0.917. The predicted octanol–water partition coefficient (Wildman–Crippen LogP) is 0.901. The van der Waals surface area contributed by atoms with Gasteiger partial charge in [0.2, 0.25) is 5.91 Å². The van der Waals surface area contributed by atoms with Gasteiger partial charge in [0.1, 0.15) is 0 Å². The molecule has 15 heavy (non-hydrogen) atoms. The molecule has 1 unspecified atom stereocenters. The van der Waals surface area contributed by atoms with Gasteiger partial charge in [0.05, 0.1) is 0 Å². The van der Waals surface area contributed by atoms with Crippen LogP contribution in [0.3, 0.4) is 0 Å². The smallest absolute Gasteiger partial charge is 0.223 e. The fourth-order valence-electron chi connectivity index (χ4n) is 3.10. The summed E-state index contributed by atoms with van der Waals surface area (Å²) in [5.41, 5.74) is 0. The first kappa shape index (κ1) is 9.64. The van der Waals surface area contributed by atoms with E-state index in [-0.39, 0.29) is 0 Å². The van der Waals surface area contributed by atoms with Crippen LogP contribution in [-0.2, 0) is 4.79 Å². The molecule has 0 bridgehead atoms. The Hall–Kier alpha value is -0.570. The van der Waals surface area contributed by atoms with Gasteiger partial charge in [0, 0.05) is 12.0 Å². The summed E-state index contributed by atoms with van der Waals surface area (Å²) in [7, 11) is 0. The normalized spacial score (nSPS) is 39.9.